The van der Waals surface area contributed by atoms with Crippen molar-refractivity contribution < 1.29 is 14.3 Å². The third kappa shape index (κ3) is 4.63. The van der Waals surface area contributed by atoms with Gasteiger partial charge in [0.1, 0.15) is 11.9 Å². The summed E-state index contributed by atoms with van der Waals surface area (Å²) in [6.45, 7) is 4.65. The molecular weight excluding hydrogens is 232 g/mol. The summed E-state index contributed by atoms with van der Waals surface area (Å²) in [6, 6.07) is 7.24. The van der Waals surface area contributed by atoms with E-state index in [4.69, 9.17) is 15.2 Å². The van der Waals surface area contributed by atoms with Crippen LogP contribution in [0.2, 0.25) is 0 Å². The highest BCUT2D eigenvalue weighted by molar-refractivity contribution is 5.86. The van der Waals surface area contributed by atoms with Crippen LogP contribution in [0.25, 0.3) is 0 Å². The Labute approximate surface area is 107 Å². The van der Waals surface area contributed by atoms with Crippen molar-refractivity contribution >= 4 is 11.8 Å². The zero-order valence-corrected chi connectivity index (χ0v) is 10.8. The summed E-state index contributed by atoms with van der Waals surface area (Å²) in [6.07, 6.45) is 0.0671. The van der Waals surface area contributed by atoms with Gasteiger partial charge in [0.15, 0.2) is 0 Å². The second-order valence-electron chi connectivity index (χ2n) is 3.92. The predicted octanol–water partition coefficient (Wildman–Crippen LogP) is 2.37. The number of carbonyl (C=O) groups excluding carboxylic acids is 1. The molecular formula is C13H20N2O3. The molecule has 0 aromatic heterocycles. The van der Waals surface area contributed by atoms with E-state index in [2.05, 4.69) is 5.32 Å². The van der Waals surface area contributed by atoms with E-state index in [1.54, 1.807) is 19.1 Å². The molecule has 0 bridgehead atoms. The van der Waals surface area contributed by atoms with Crippen molar-refractivity contribution in [2.75, 3.05) is 18.5 Å². The molecule has 1 amide bonds. The fourth-order valence-electron chi connectivity index (χ4n) is 1.28. The van der Waals surface area contributed by atoms with Gasteiger partial charge in [-0.3, -0.25) is 5.32 Å². The molecule has 1 atom stereocenters. The number of benzene rings is 1. The molecule has 1 rings (SSSR count). The summed E-state index contributed by atoms with van der Waals surface area (Å²) in [5.74, 6) is 0.636. The number of amides is 1. The van der Waals surface area contributed by atoms with Crippen LogP contribution in [0.4, 0.5) is 10.5 Å². The first-order chi connectivity index (χ1) is 8.67. The highest BCUT2D eigenvalue weighted by atomic mass is 16.6. The lowest BCUT2D eigenvalue weighted by atomic mass is 10.3. The molecule has 0 spiro atoms. The largest absolute Gasteiger partial charge is 0.491 e. The number of nitrogens with one attached hydrogen (secondary N) is 1. The van der Waals surface area contributed by atoms with E-state index in [1.165, 1.54) is 0 Å². The van der Waals surface area contributed by atoms with E-state index in [0.29, 0.717) is 24.6 Å². The maximum Gasteiger partial charge on any atom is 0.412 e. The molecule has 18 heavy (non-hydrogen) atoms. The zero-order chi connectivity index (χ0) is 13.4. The van der Waals surface area contributed by atoms with E-state index >= 15 is 0 Å². The van der Waals surface area contributed by atoms with Crippen LogP contribution in [-0.2, 0) is 4.74 Å². The molecule has 100 valence electrons. The van der Waals surface area contributed by atoms with E-state index in [1.807, 2.05) is 19.1 Å². The molecule has 5 heteroatoms. The van der Waals surface area contributed by atoms with Crippen molar-refractivity contribution in [2.24, 2.45) is 5.73 Å². The van der Waals surface area contributed by atoms with E-state index in [9.17, 15) is 4.79 Å². The third-order valence-electron chi connectivity index (χ3n) is 2.23. The molecule has 0 aliphatic heterocycles. The first-order valence-electron chi connectivity index (χ1n) is 6.07. The van der Waals surface area contributed by atoms with Gasteiger partial charge in [-0.15, -0.1) is 0 Å². The van der Waals surface area contributed by atoms with Crippen LogP contribution in [0.15, 0.2) is 24.3 Å². The topological polar surface area (TPSA) is 73.6 Å². The van der Waals surface area contributed by atoms with Gasteiger partial charge in [-0.05, 0) is 25.5 Å². The average Bonchev–Trinajstić information content (AvgIpc) is 2.37. The van der Waals surface area contributed by atoms with Gasteiger partial charge >= 0.3 is 6.09 Å². The first kappa shape index (κ1) is 14.3. The Hall–Kier alpha value is -1.75. The lowest BCUT2D eigenvalue weighted by Crippen LogP contribution is -2.26. The van der Waals surface area contributed by atoms with Crippen LogP contribution in [-0.4, -0.2) is 25.3 Å². The Kier molecular flexibility index (Phi) is 6.00. The second kappa shape index (κ2) is 7.55. The molecule has 0 saturated carbocycles. The molecule has 0 saturated heterocycles. The molecule has 1 unspecified atom stereocenters. The van der Waals surface area contributed by atoms with Gasteiger partial charge in [0.25, 0.3) is 0 Å². The summed E-state index contributed by atoms with van der Waals surface area (Å²) in [4.78, 5) is 11.6. The standard InChI is InChI=1S/C13H20N2O3/c1-3-8-17-12-7-5-4-6-11(12)15-13(16)18-10(2)9-14/h4-7,10H,3,8-9,14H2,1-2H3,(H,15,16). The zero-order valence-electron chi connectivity index (χ0n) is 10.8. The molecule has 0 fully saturated rings. The van der Waals surface area contributed by atoms with Gasteiger partial charge in [-0.1, -0.05) is 19.1 Å². The summed E-state index contributed by atoms with van der Waals surface area (Å²) in [7, 11) is 0. The first-order valence-corrected chi connectivity index (χ1v) is 6.07. The fourth-order valence-corrected chi connectivity index (χ4v) is 1.28. The second-order valence-corrected chi connectivity index (χ2v) is 3.92. The van der Waals surface area contributed by atoms with Crippen LogP contribution >= 0.6 is 0 Å². The molecule has 3 N–H and O–H groups in total. The molecule has 1 aromatic carbocycles. The third-order valence-corrected chi connectivity index (χ3v) is 2.23. The Morgan fingerprint density at radius 2 is 2.17 bits per heavy atom. The van der Waals surface area contributed by atoms with Crippen molar-refractivity contribution in [1.82, 2.24) is 0 Å². The van der Waals surface area contributed by atoms with Gasteiger partial charge in [0, 0.05) is 6.54 Å². The van der Waals surface area contributed by atoms with Crippen molar-refractivity contribution in [3.8, 4) is 5.75 Å². The van der Waals surface area contributed by atoms with Gasteiger partial charge in [-0.25, -0.2) is 4.79 Å². The molecule has 0 heterocycles. The summed E-state index contributed by atoms with van der Waals surface area (Å²) in [5, 5.41) is 2.64. The van der Waals surface area contributed by atoms with Gasteiger partial charge < -0.3 is 15.2 Å². The Balaban J connectivity index is 2.62. The van der Waals surface area contributed by atoms with E-state index < -0.39 is 6.09 Å². The van der Waals surface area contributed by atoms with E-state index in [0.717, 1.165) is 6.42 Å². The molecule has 0 radical (unpaired) electrons. The molecule has 5 nitrogen and oxygen atoms in total. The van der Waals surface area contributed by atoms with Crippen molar-refractivity contribution in [3.05, 3.63) is 24.3 Å². The lowest BCUT2D eigenvalue weighted by molar-refractivity contribution is 0.124. The number of anilines is 1. The summed E-state index contributed by atoms with van der Waals surface area (Å²) in [5.41, 5.74) is 5.98. The Bertz CT molecular complexity index is 382. The SMILES string of the molecule is CCCOc1ccccc1NC(=O)OC(C)CN. The summed E-state index contributed by atoms with van der Waals surface area (Å²) >= 11 is 0. The quantitative estimate of drug-likeness (QED) is 0.815. The molecule has 0 aliphatic rings. The van der Waals surface area contributed by atoms with Crippen LogP contribution in [0.5, 0.6) is 5.75 Å². The van der Waals surface area contributed by atoms with Gasteiger partial charge in [0.2, 0.25) is 0 Å². The highest BCUT2D eigenvalue weighted by Crippen LogP contribution is 2.24. The van der Waals surface area contributed by atoms with Crippen molar-refractivity contribution in [1.29, 1.82) is 0 Å². The Morgan fingerprint density at radius 3 is 2.83 bits per heavy atom. The van der Waals surface area contributed by atoms with Gasteiger partial charge in [0.05, 0.1) is 12.3 Å². The minimum atomic E-state index is -0.527. The monoisotopic (exact) mass is 252 g/mol. The number of rotatable bonds is 6. The van der Waals surface area contributed by atoms with Crippen LogP contribution < -0.4 is 15.8 Å². The maximum atomic E-state index is 11.6. The number of hydrogen-bond donors (Lipinski definition) is 2. The summed E-state index contributed by atoms with van der Waals surface area (Å²) < 4.78 is 10.6. The average molecular weight is 252 g/mol. The molecule has 1 aromatic rings. The molecule has 0 aliphatic carbocycles. The van der Waals surface area contributed by atoms with Crippen LogP contribution in [0.1, 0.15) is 20.3 Å². The predicted molar refractivity (Wildman–Crippen MR) is 70.8 cm³/mol. The van der Waals surface area contributed by atoms with Crippen molar-refractivity contribution in [3.63, 3.8) is 0 Å². The van der Waals surface area contributed by atoms with Crippen molar-refractivity contribution in [2.45, 2.75) is 26.4 Å². The normalized spacial score (nSPS) is 11.7. The number of carbonyl (C=O) groups is 1. The Morgan fingerprint density at radius 1 is 1.44 bits per heavy atom. The number of ether oxygens (including phenoxy) is 2. The van der Waals surface area contributed by atoms with E-state index in [-0.39, 0.29) is 6.10 Å². The number of para-hydroxylation sites is 2. The van der Waals surface area contributed by atoms with Gasteiger partial charge in [-0.2, -0.15) is 0 Å². The minimum absolute atomic E-state index is 0.293. The smallest absolute Gasteiger partial charge is 0.412 e. The number of nitrogens with two attached hydrogens (primary N) is 1. The minimum Gasteiger partial charge on any atom is -0.491 e. The van der Waals surface area contributed by atoms with Crippen LogP contribution in [0, 0.1) is 0 Å². The fraction of sp³-hybridized carbons (Fsp3) is 0.462. The highest BCUT2D eigenvalue weighted by Gasteiger charge is 2.10. The lowest BCUT2D eigenvalue weighted by Gasteiger charge is -2.14. The number of hydrogen-bond acceptors (Lipinski definition) is 4. The maximum absolute atomic E-state index is 11.6. The van der Waals surface area contributed by atoms with Crippen LogP contribution in [0.3, 0.4) is 0 Å².